The minimum atomic E-state index is 0.174. The summed E-state index contributed by atoms with van der Waals surface area (Å²) in [7, 11) is 0. The topological polar surface area (TPSA) is 25.2 Å². The first-order valence-electron chi connectivity index (χ1n) is 6.73. The largest absolute Gasteiger partial charge is 0.464 e. The summed E-state index contributed by atoms with van der Waals surface area (Å²) in [5.41, 5.74) is 2.15. The lowest BCUT2D eigenvalue weighted by molar-refractivity contribution is 0.575. The number of rotatable bonds is 5. The van der Waals surface area contributed by atoms with Gasteiger partial charge in [0.15, 0.2) is 0 Å². The van der Waals surface area contributed by atoms with Gasteiger partial charge in [-0.15, -0.1) is 11.3 Å². The Morgan fingerprint density at radius 1 is 1.30 bits per heavy atom. The maximum absolute atomic E-state index is 5.70. The molecule has 0 spiro atoms. The molecular formula is C16H16BrNOS. The van der Waals surface area contributed by atoms with E-state index in [0.717, 1.165) is 23.0 Å². The second kappa shape index (κ2) is 6.12. The van der Waals surface area contributed by atoms with Crippen molar-refractivity contribution in [1.82, 2.24) is 5.32 Å². The average molecular weight is 350 g/mol. The summed E-state index contributed by atoms with van der Waals surface area (Å²) in [5, 5.41) is 6.92. The molecule has 4 heteroatoms. The van der Waals surface area contributed by atoms with Crippen LogP contribution in [0.3, 0.4) is 0 Å². The quantitative estimate of drug-likeness (QED) is 0.671. The summed E-state index contributed by atoms with van der Waals surface area (Å²) in [5.74, 6) is 0. The summed E-state index contributed by atoms with van der Waals surface area (Å²) in [6, 6.07) is 10.5. The van der Waals surface area contributed by atoms with E-state index in [0.29, 0.717) is 0 Å². The van der Waals surface area contributed by atoms with Crippen LogP contribution in [0.4, 0.5) is 0 Å². The van der Waals surface area contributed by atoms with E-state index < -0.39 is 0 Å². The van der Waals surface area contributed by atoms with Crippen LogP contribution in [0.5, 0.6) is 0 Å². The number of fused-ring (bicyclic) bond motifs is 1. The third kappa shape index (κ3) is 2.55. The molecule has 2 aromatic heterocycles. The summed E-state index contributed by atoms with van der Waals surface area (Å²) in [6.45, 7) is 3.16. The fourth-order valence-electron chi connectivity index (χ4n) is 2.37. The van der Waals surface area contributed by atoms with E-state index in [1.165, 1.54) is 15.8 Å². The zero-order valence-electron chi connectivity index (χ0n) is 11.2. The van der Waals surface area contributed by atoms with Crippen LogP contribution in [0.2, 0.25) is 0 Å². The minimum absolute atomic E-state index is 0.174. The molecule has 1 unspecified atom stereocenters. The first kappa shape index (κ1) is 13.9. The molecule has 3 aromatic rings. The minimum Gasteiger partial charge on any atom is -0.464 e. The van der Waals surface area contributed by atoms with Gasteiger partial charge < -0.3 is 9.73 Å². The normalized spacial score (nSPS) is 12.9. The van der Waals surface area contributed by atoms with Crippen molar-refractivity contribution in [1.29, 1.82) is 0 Å². The summed E-state index contributed by atoms with van der Waals surface area (Å²) >= 11 is 5.41. The van der Waals surface area contributed by atoms with Crippen LogP contribution >= 0.6 is 27.3 Å². The highest BCUT2D eigenvalue weighted by Crippen LogP contribution is 2.36. The van der Waals surface area contributed by atoms with Crippen molar-refractivity contribution in [3.63, 3.8) is 0 Å². The Kier molecular flexibility index (Phi) is 4.24. The average Bonchev–Trinajstić information content (AvgIpc) is 3.07. The van der Waals surface area contributed by atoms with Gasteiger partial charge in [-0.2, -0.15) is 0 Å². The summed E-state index contributed by atoms with van der Waals surface area (Å²) in [4.78, 5) is 1.30. The van der Waals surface area contributed by atoms with Gasteiger partial charge in [-0.1, -0.05) is 25.1 Å². The molecule has 0 saturated carbocycles. The number of nitrogens with one attached hydrogen (secondary N) is 1. The van der Waals surface area contributed by atoms with E-state index in [-0.39, 0.29) is 6.04 Å². The number of hydrogen-bond acceptors (Lipinski definition) is 3. The summed E-state index contributed by atoms with van der Waals surface area (Å²) < 4.78 is 6.85. The van der Waals surface area contributed by atoms with E-state index >= 15 is 0 Å². The SMILES string of the molecule is CCCNC(c1sccc1Br)c1coc2ccccc12. The molecule has 2 nitrogen and oxygen atoms in total. The lowest BCUT2D eigenvalue weighted by atomic mass is 10.0. The maximum atomic E-state index is 5.70. The van der Waals surface area contributed by atoms with Crippen LogP contribution in [0.15, 0.2) is 50.9 Å². The van der Waals surface area contributed by atoms with Crippen molar-refractivity contribution in [2.75, 3.05) is 6.54 Å². The first-order valence-corrected chi connectivity index (χ1v) is 8.41. The molecule has 2 heterocycles. The number of halogens is 1. The molecule has 104 valence electrons. The number of hydrogen-bond donors (Lipinski definition) is 1. The highest BCUT2D eigenvalue weighted by atomic mass is 79.9. The van der Waals surface area contributed by atoms with E-state index in [2.05, 4.69) is 51.7 Å². The number of thiophene rings is 1. The van der Waals surface area contributed by atoms with Gasteiger partial charge in [0.1, 0.15) is 5.58 Å². The Balaban J connectivity index is 2.07. The second-order valence-electron chi connectivity index (χ2n) is 4.71. The zero-order chi connectivity index (χ0) is 13.9. The van der Waals surface area contributed by atoms with Gasteiger partial charge in [0.2, 0.25) is 0 Å². The van der Waals surface area contributed by atoms with Crippen LogP contribution in [-0.4, -0.2) is 6.54 Å². The summed E-state index contributed by atoms with van der Waals surface area (Å²) in [6.07, 6.45) is 2.99. The lowest BCUT2D eigenvalue weighted by Gasteiger charge is -2.17. The first-order chi connectivity index (χ1) is 9.81. The van der Waals surface area contributed by atoms with Crippen molar-refractivity contribution < 1.29 is 4.42 Å². The van der Waals surface area contributed by atoms with Gasteiger partial charge in [0.05, 0.1) is 12.3 Å². The Hall–Kier alpha value is -1.10. The molecular weight excluding hydrogens is 334 g/mol. The third-order valence-corrected chi connectivity index (χ3v) is 5.26. The Morgan fingerprint density at radius 3 is 2.90 bits per heavy atom. The molecule has 0 aliphatic heterocycles. The molecule has 1 atom stereocenters. The van der Waals surface area contributed by atoms with Gasteiger partial charge in [-0.25, -0.2) is 0 Å². The van der Waals surface area contributed by atoms with Crippen LogP contribution in [-0.2, 0) is 0 Å². The van der Waals surface area contributed by atoms with Gasteiger partial charge in [-0.3, -0.25) is 0 Å². The molecule has 0 aliphatic rings. The predicted octanol–water partition coefficient (Wildman–Crippen LogP) is 5.35. The fraction of sp³-hybridized carbons (Fsp3) is 0.250. The molecule has 0 aliphatic carbocycles. The molecule has 0 fully saturated rings. The molecule has 1 aromatic carbocycles. The van der Waals surface area contributed by atoms with Gasteiger partial charge in [0.25, 0.3) is 0 Å². The van der Waals surface area contributed by atoms with Gasteiger partial charge in [0, 0.05) is 20.3 Å². The number of furan rings is 1. The highest BCUT2D eigenvalue weighted by molar-refractivity contribution is 9.10. The molecule has 3 rings (SSSR count). The highest BCUT2D eigenvalue weighted by Gasteiger charge is 2.21. The molecule has 0 amide bonds. The van der Waals surface area contributed by atoms with E-state index in [4.69, 9.17) is 4.42 Å². The smallest absolute Gasteiger partial charge is 0.134 e. The van der Waals surface area contributed by atoms with Crippen molar-refractivity contribution in [2.24, 2.45) is 0 Å². The van der Waals surface area contributed by atoms with E-state index in [1.54, 1.807) is 11.3 Å². The standard InChI is InChI=1S/C16H16BrNOS/c1-2-8-18-15(16-13(17)7-9-20-16)12-10-19-14-6-4-3-5-11(12)14/h3-7,9-10,15,18H,2,8H2,1H3. The van der Waals surface area contributed by atoms with Crippen molar-refractivity contribution >= 4 is 38.2 Å². The Labute approximate surface area is 130 Å². The zero-order valence-corrected chi connectivity index (χ0v) is 13.6. The molecule has 0 radical (unpaired) electrons. The molecule has 1 N–H and O–H groups in total. The van der Waals surface area contributed by atoms with Crippen molar-refractivity contribution in [3.8, 4) is 0 Å². The molecule has 0 bridgehead atoms. The van der Waals surface area contributed by atoms with Gasteiger partial charge >= 0.3 is 0 Å². The Bertz CT molecular complexity index is 703. The van der Waals surface area contributed by atoms with Crippen LogP contribution in [0, 0.1) is 0 Å². The monoisotopic (exact) mass is 349 g/mol. The predicted molar refractivity (Wildman–Crippen MR) is 88.4 cm³/mol. The van der Waals surface area contributed by atoms with Crippen LogP contribution in [0.1, 0.15) is 29.8 Å². The van der Waals surface area contributed by atoms with E-state index in [1.807, 2.05) is 18.4 Å². The number of para-hydroxylation sites is 1. The van der Waals surface area contributed by atoms with Crippen LogP contribution < -0.4 is 5.32 Å². The van der Waals surface area contributed by atoms with Crippen molar-refractivity contribution in [2.45, 2.75) is 19.4 Å². The van der Waals surface area contributed by atoms with E-state index in [9.17, 15) is 0 Å². The van der Waals surface area contributed by atoms with Crippen molar-refractivity contribution in [3.05, 3.63) is 56.9 Å². The Morgan fingerprint density at radius 2 is 2.15 bits per heavy atom. The molecule has 0 saturated heterocycles. The fourth-order valence-corrected chi connectivity index (χ4v) is 4.06. The van der Waals surface area contributed by atoms with Crippen LogP contribution in [0.25, 0.3) is 11.0 Å². The number of benzene rings is 1. The maximum Gasteiger partial charge on any atom is 0.134 e. The van der Waals surface area contributed by atoms with Gasteiger partial charge in [-0.05, 0) is 46.4 Å². The lowest BCUT2D eigenvalue weighted by Crippen LogP contribution is -2.22. The molecule has 20 heavy (non-hydrogen) atoms. The second-order valence-corrected chi connectivity index (χ2v) is 6.51. The third-order valence-electron chi connectivity index (χ3n) is 3.33.